The molecule has 0 saturated carbocycles. The van der Waals surface area contributed by atoms with E-state index in [2.05, 4.69) is 10.1 Å². The van der Waals surface area contributed by atoms with Crippen molar-refractivity contribution in [2.45, 2.75) is 24.5 Å². The molecule has 0 unspecified atom stereocenters. The summed E-state index contributed by atoms with van der Waals surface area (Å²) in [6.45, 7) is 2.09. The maximum absolute atomic E-state index is 12.4. The molecule has 1 aromatic heterocycles. The number of benzene rings is 1. The summed E-state index contributed by atoms with van der Waals surface area (Å²) in [7, 11) is 0.336. The second kappa shape index (κ2) is 7.35. The van der Waals surface area contributed by atoms with E-state index in [0.29, 0.717) is 21.8 Å². The molecule has 1 aromatic carbocycles. The Labute approximate surface area is 135 Å². The Morgan fingerprint density at radius 3 is 2.81 bits per heavy atom. The topological polar surface area (TPSA) is 65.2 Å². The van der Waals surface area contributed by atoms with Crippen LogP contribution in [0.25, 0.3) is 0 Å². The lowest BCUT2D eigenvalue weighted by Crippen LogP contribution is -2.06. The van der Waals surface area contributed by atoms with Crippen molar-refractivity contribution in [1.82, 2.24) is 10.1 Å². The van der Waals surface area contributed by atoms with Crippen LogP contribution in [-0.4, -0.2) is 21.5 Å². The molecule has 0 saturated heterocycles. The van der Waals surface area contributed by atoms with E-state index in [1.807, 2.05) is 13.0 Å². The summed E-state index contributed by atoms with van der Waals surface area (Å²) in [4.78, 5) is 4.10. The van der Waals surface area contributed by atoms with Crippen LogP contribution >= 0.6 is 23.2 Å². The molecule has 0 radical (unpaired) electrons. The number of aromatic nitrogens is 2. The molecule has 0 N–H and O–H groups in total. The van der Waals surface area contributed by atoms with Gasteiger partial charge < -0.3 is 9.26 Å². The van der Waals surface area contributed by atoms with Gasteiger partial charge in [-0.2, -0.15) is 4.98 Å². The van der Waals surface area contributed by atoms with Crippen molar-refractivity contribution in [1.29, 1.82) is 0 Å². The van der Waals surface area contributed by atoms with Gasteiger partial charge in [0.15, 0.2) is 5.82 Å². The molecule has 2 rings (SSSR count). The van der Waals surface area contributed by atoms with E-state index in [1.54, 1.807) is 12.1 Å². The van der Waals surface area contributed by atoms with Crippen LogP contribution in [-0.2, 0) is 27.9 Å². The van der Waals surface area contributed by atoms with Gasteiger partial charge in [-0.1, -0.05) is 34.4 Å². The average Bonchev–Trinajstić information content (AvgIpc) is 2.88. The first kappa shape index (κ1) is 16.4. The van der Waals surface area contributed by atoms with Crippen LogP contribution in [0.5, 0.6) is 0 Å². The lowest BCUT2D eigenvalue weighted by Gasteiger charge is -2.11. The van der Waals surface area contributed by atoms with Crippen molar-refractivity contribution in [3.63, 3.8) is 0 Å². The molecular weight excluding hydrogens is 335 g/mol. The number of ether oxygens (including phenoxy) is 1. The van der Waals surface area contributed by atoms with Crippen LogP contribution < -0.4 is 0 Å². The van der Waals surface area contributed by atoms with E-state index < -0.39 is 10.8 Å². The molecule has 0 amide bonds. The van der Waals surface area contributed by atoms with Crippen molar-refractivity contribution in [2.75, 3.05) is 7.11 Å². The fourth-order valence-corrected chi connectivity index (χ4v) is 3.08. The highest BCUT2D eigenvalue weighted by molar-refractivity contribution is 7.84. The van der Waals surface area contributed by atoms with Gasteiger partial charge in [-0.15, -0.1) is 0 Å². The van der Waals surface area contributed by atoms with Gasteiger partial charge in [0.2, 0.25) is 0 Å². The minimum absolute atomic E-state index is 0.203. The molecule has 2 aromatic rings. The van der Waals surface area contributed by atoms with Crippen LogP contribution in [0, 0.1) is 0 Å². The van der Waals surface area contributed by atoms with Gasteiger partial charge in [0.25, 0.3) is 5.89 Å². The largest absolute Gasteiger partial charge is 0.375 e. The molecule has 21 heavy (non-hydrogen) atoms. The highest BCUT2D eigenvalue weighted by atomic mass is 35.5. The average molecular weight is 349 g/mol. The second-order valence-electron chi connectivity index (χ2n) is 4.38. The van der Waals surface area contributed by atoms with E-state index in [9.17, 15) is 4.21 Å². The van der Waals surface area contributed by atoms with Gasteiger partial charge in [-0.3, -0.25) is 4.21 Å². The minimum atomic E-state index is -1.20. The third kappa shape index (κ3) is 4.26. The van der Waals surface area contributed by atoms with Gasteiger partial charge in [-0.05, 0) is 24.6 Å². The van der Waals surface area contributed by atoms with Crippen LogP contribution in [0.1, 0.15) is 29.5 Å². The van der Waals surface area contributed by atoms with Crippen LogP contribution in [0.4, 0.5) is 0 Å². The Morgan fingerprint density at radius 1 is 1.38 bits per heavy atom. The van der Waals surface area contributed by atoms with Crippen LogP contribution in [0.3, 0.4) is 0 Å². The van der Waals surface area contributed by atoms with Crippen molar-refractivity contribution in [3.05, 3.63) is 45.5 Å². The zero-order valence-corrected chi connectivity index (χ0v) is 13.8. The Morgan fingerprint density at radius 2 is 2.14 bits per heavy atom. The van der Waals surface area contributed by atoms with Gasteiger partial charge in [0.1, 0.15) is 6.61 Å². The zero-order chi connectivity index (χ0) is 15.4. The number of nitrogens with zero attached hydrogens (tertiary/aromatic N) is 2. The number of hydrogen-bond donors (Lipinski definition) is 0. The molecule has 114 valence electrons. The monoisotopic (exact) mass is 348 g/mol. The quantitative estimate of drug-likeness (QED) is 0.798. The smallest absolute Gasteiger partial charge is 0.252 e. The molecule has 0 spiro atoms. The van der Waals surface area contributed by atoms with E-state index in [1.165, 1.54) is 7.11 Å². The summed E-state index contributed by atoms with van der Waals surface area (Å²) >= 11 is 11.9. The number of rotatable bonds is 6. The molecule has 8 heteroatoms. The van der Waals surface area contributed by atoms with Crippen LogP contribution in [0.2, 0.25) is 10.0 Å². The lowest BCUT2D eigenvalue weighted by atomic mass is 10.2. The summed E-state index contributed by atoms with van der Waals surface area (Å²) in [6, 6.07) is 5.22. The fraction of sp³-hybridized carbons (Fsp3) is 0.385. The van der Waals surface area contributed by atoms with Gasteiger partial charge in [-0.25, -0.2) is 0 Å². The van der Waals surface area contributed by atoms with E-state index in [-0.39, 0.29) is 17.6 Å². The van der Waals surface area contributed by atoms with Crippen molar-refractivity contribution in [2.24, 2.45) is 0 Å². The van der Waals surface area contributed by atoms with Gasteiger partial charge >= 0.3 is 0 Å². The van der Waals surface area contributed by atoms with Crippen LogP contribution in [0.15, 0.2) is 22.7 Å². The van der Waals surface area contributed by atoms with Gasteiger partial charge in [0, 0.05) is 17.9 Å². The third-order valence-electron chi connectivity index (χ3n) is 2.86. The first-order chi connectivity index (χ1) is 10.0. The second-order valence-corrected chi connectivity index (χ2v) is 6.95. The standard InChI is InChI=1S/C13H14Cl2N2O3S/c1-8(9-3-4-10(14)11(15)5-9)21(18)7-12-16-13(6-19-2)20-17-12/h3-5,8H,6-7H2,1-2H3/t8-,21+/m0/s1. The normalized spacial score (nSPS) is 14.1. The number of hydrogen-bond acceptors (Lipinski definition) is 5. The number of methoxy groups -OCH3 is 1. The fourth-order valence-electron chi connectivity index (χ4n) is 1.70. The molecule has 1 heterocycles. The Hall–Kier alpha value is -0.950. The summed E-state index contributed by atoms with van der Waals surface area (Å²) < 4.78 is 22.2. The van der Waals surface area contributed by atoms with Crippen molar-refractivity contribution >= 4 is 34.0 Å². The SMILES string of the molecule is COCc1nc(C[S@@](=O)[C@@H](C)c2ccc(Cl)c(Cl)c2)no1. The Kier molecular flexibility index (Phi) is 5.75. The molecule has 5 nitrogen and oxygen atoms in total. The third-order valence-corrected chi connectivity index (χ3v) is 5.20. The van der Waals surface area contributed by atoms with Crippen molar-refractivity contribution < 1.29 is 13.5 Å². The number of halogens is 2. The maximum atomic E-state index is 12.4. The summed E-state index contributed by atoms with van der Waals surface area (Å²) in [5.74, 6) is 0.966. The first-order valence-corrected chi connectivity index (χ1v) is 8.27. The zero-order valence-electron chi connectivity index (χ0n) is 11.5. The summed E-state index contributed by atoms with van der Waals surface area (Å²) in [5, 5.41) is 4.48. The highest BCUT2D eigenvalue weighted by Gasteiger charge is 2.18. The molecule has 2 atom stereocenters. The first-order valence-electron chi connectivity index (χ1n) is 6.13. The molecule has 0 fully saturated rings. The molecule has 0 aliphatic rings. The molecule has 0 aliphatic carbocycles. The maximum Gasteiger partial charge on any atom is 0.252 e. The highest BCUT2D eigenvalue weighted by Crippen LogP contribution is 2.28. The molecule has 0 bridgehead atoms. The van der Waals surface area contributed by atoms with Crippen molar-refractivity contribution in [3.8, 4) is 0 Å². The predicted octanol–water partition coefficient (Wildman–Crippen LogP) is 3.53. The van der Waals surface area contributed by atoms with E-state index in [4.69, 9.17) is 32.5 Å². The Balaban J connectivity index is 2.06. The Bertz CT molecular complexity index is 648. The summed E-state index contributed by atoms with van der Waals surface area (Å²) in [6.07, 6.45) is 0. The minimum Gasteiger partial charge on any atom is -0.375 e. The molecular formula is C13H14Cl2N2O3S. The summed E-state index contributed by atoms with van der Waals surface area (Å²) in [5.41, 5.74) is 0.850. The molecule has 0 aliphatic heterocycles. The lowest BCUT2D eigenvalue weighted by molar-refractivity contribution is 0.151. The van der Waals surface area contributed by atoms with E-state index >= 15 is 0 Å². The van der Waals surface area contributed by atoms with E-state index in [0.717, 1.165) is 5.56 Å². The van der Waals surface area contributed by atoms with Gasteiger partial charge in [0.05, 0.1) is 21.0 Å². The predicted molar refractivity (Wildman–Crippen MR) is 81.7 cm³/mol.